The van der Waals surface area contributed by atoms with Gasteiger partial charge in [-0.05, 0) is 18.2 Å². The highest BCUT2D eigenvalue weighted by Gasteiger charge is 2.40. The predicted molar refractivity (Wildman–Crippen MR) is 63.3 cm³/mol. The Bertz CT molecular complexity index is 520. The van der Waals surface area contributed by atoms with Crippen LogP contribution in [0, 0.1) is 5.82 Å². The van der Waals surface area contributed by atoms with Gasteiger partial charge in [0.2, 0.25) is 0 Å². The maximum atomic E-state index is 13.1. The number of halogens is 1. The van der Waals surface area contributed by atoms with Gasteiger partial charge in [-0.2, -0.15) is 12.7 Å². The van der Waals surface area contributed by atoms with Crippen molar-refractivity contribution in [3.63, 3.8) is 0 Å². The molecule has 1 saturated heterocycles. The van der Waals surface area contributed by atoms with Crippen molar-refractivity contribution in [1.82, 2.24) is 4.31 Å². The quantitative estimate of drug-likeness (QED) is 0.822. The Kier molecular flexibility index (Phi) is 3.07. The van der Waals surface area contributed by atoms with Gasteiger partial charge in [0.25, 0.3) is 0 Å². The Labute approximate surface area is 99.8 Å². The highest BCUT2D eigenvalue weighted by Crippen LogP contribution is 2.27. The Hall–Kier alpha value is -1.18. The van der Waals surface area contributed by atoms with Gasteiger partial charge in [-0.1, -0.05) is 6.07 Å². The standard InChI is InChI=1S/C10H14FN3O2S/c1-13-10(6-12)7-14(17(13,15)16)9-4-2-3-8(11)5-9/h2-5,10H,6-7,12H2,1H3. The molecule has 1 aliphatic heterocycles. The molecule has 0 aromatic heterocycles. The van der Waals surface area contributed by atoms with Gasteiger partial charge >= 0.3 is 10.2 Å². The van der Waals surface area contributed by atoms with Gasteiger partial charge in [-0.15, -0.1) is 0 Å². The van der Waals surface area contributed by atoms with Crippen molar-refractivity contribution >= 4 is 15.9 Å². The lowest BCUT2D eigenvalue weighted by Gasteiger charge is -2.17. The number of nitrogens with two attached hydrogens (primary N) is 1. The smallest absolute Gasteiger partial charge is 0.304 e. The molecule has 0 amide bonds. The van der Waals surface area contributed by atoms with Crippen LogP contribution in [-0.2, 0) is 10.2 Å². The molecule has 7 heteroatoms. The Balaban J connectivity index is 2.41. The van der Waals surface area contributed by atoms with E-state index in [1.54, 1.807) is 6.07 Å². The number of benzene rings is 1. The number of nitrogens with zero attached hydrogens (tertiary/aromatic N) is 2. The predicted octanol–water partition coefficient (Wildman–Crippen LogP) is 0.150. The molecule has 2 rings (SSSR count). The van der Waals surface area contributed by atoms with E-state index in [1.807, 2.05) is 0 Å². The zero-order chi connectivity index (χ0) is 12.6. The van der Waals surface area contributed by atoms with Crippen LogP contribution in [0.2, 0.25) is 0 Å². The number of hydrogen-bond donors (Lipinski definition) is 1. The highest BCUT2D eigenvalue weighted by atomic mass is 32.2. The molecular weight excluding hydrogens is 245 g/mol. The monoisotopic (exact) mass is 259 g/mol. The fourth-order valence-electron chi connectivity index (χ4n) is 1.84. The van der Waals surface area contributed by atoms with Crippen LogP contribution in [0.15, 0.2) is 24.3 Å². The maximum absolute atomic E-state index is 13.1. The summed E-state index contributed by atoms with van der Waals surface area (Å²) in [5.74, 6) is -0.462. The molecule has 94 valence electrons. The van der Waals surface area contributed by atoms with Crippen LogP contribution in [0.25, 0.3) is 0 Å². The third kappa shape index (κ3) is 2.01. The lowest BCUT2D eigenvalue weighted by atomic mass is 10.2. The zero-order valence-electron chi connectivity index (χ0n) is 9.38. The van der Waals surface area contributed by atoms with Crippen molar-refractivity contribution < 1.29 is 12.8 Å². The molecule has 1 aliphatic rings. The minimum Gasteiger partial charge on any atom is -0.329 e. The van der Waals surface area contributed by atoms with Crippen LogP contribution in [0.5, 0.6) is 0 Å². The molecule has 0 bridgehead atoms. The second-order valence-electron chi connectivity index (χ2n) is 3.92. The van der Waals surface area contributed by atoms with Gasteiger partial charge in [0.15, 0.2) is 0 Å². The van der Waals surface area contributed by atoms with E-state index in [1.165, 1.54) is 33.9 Å². The number of hydrogen-bond acceptors (Lipinski definition) is 3. The molecule has 1 aromatic rings. The van der Waals surface area contributed by atoms with E-state index in [2.05, 4.69) is 0 Å². The van der Waals surface area contributed by atoms with Gasteiger partial charge in [0.1, 0.15) is 5.82 Å². The lowest BCUT2D eigenvalue weighted by Crippen LogP contribution is -2.36. The summed E-state index contributed by atoms with van der Waals surface area (Å²) in [4.78, 5) is 0. The third-order valence-corrected chi connectivity index (χ3v) is 4.84. The molecule has 0 spiro atoms. The van der Waals surface area contributed by atoms with Crippen LogP contribution in [0.3, 0.4) is 0 Å². The van der Waals surface area contributed by atoms with Crippen molar-refractivity contribution in [3.8, 4) is 0 Å². The van der Waals surface area contributed by atoms with E-state index in [0.29, 0.717) is 5.69 Å². The molecule has 1 heterocycles. The summed E-state index contributed by atoms with van der Waals surface area (Å²) < 4.78 is 39.6. The summed E-state index contributed by atoms with van der Waals surface area (Å²) in [5.41, 5.74) is 5.84. The summed E-state index contributed by atoms with van der Waals surface area (Å²) in [6, 6.07) is 5.24. The van der Waals surface area contributed by atoms with Gasteiger partial charge in [-0.25, -0.2) is 4.39 Å². The van der Waals surface area contributed by atoms with Crippen molar-refractivity contribution in [1.29, 1.82) is 0 Å². The minimum absolute atomic E-state index is 0.238. The van der Waals surface area contributed by atoms with Crippen LogP contribution in [-0.4, -0.2) is 38.9 Å². The SMILES string of the molecule is CN1C(CN)CN(c2cccc(F)c2)S1(=O)=O. The first-order valence-corrected chi connectivity index (χ1v) is 6.58. The van der Waals surface area contributed by atoms with E-state index in [0.717, 1.165) is 0 Å². The van der Waals surface area contributed by atoms with Crippen molar-refractivity contribution in [2.75, 3.05) is 24.4 Å². The average Bonchev–Trinajstić information content (AvgIpc) is 2.51. The Morgan fingerprint density at radius 1 is 1.53 bits per heavy atom. The molecule has 17 heavy (non-hydrogen) atoms. The first-order chi connectivity index (χ1) is 7.96. The Morgan fingerprint density at radius 2 is 2.24 bits per heavy atom. The maximum Gasteiger partial charge on any atom is 0.304 e. The van der Waals surface area contributed by atoms with E-state index in [-0.39, 0.29) is 19.1 Å². The van der Waals surface area contributed by atoms with Gasteiger partial charge < -0.3 is 5.73 Å². The second-order valence-corrected chi connectivity index (χ2v) is 5.84. The van der Waals surface area contributed by atoms with Gasteiger partial charge in [0.05, 0.1) is 18.3 Å². The van der Waals surface area contributed by atoms with Crippen molar-refractivity contribution in [2.24, 2.45) is 5.73 Å². The van der Waals surface area contributed by atoms with Crippen LogP contribution < -0.4 is 10.0 Å². The highest BCUT2D eigenvalue weighted by molar-refractivity contribution is 7.90. The van der Waals surface area contributed by atoms with Gasteiger partial charge in [0, 0.05) is 13.6 Å². The second kappa shape index (κ2) is 4.25. The lowest BCUT2D eigenvalue weighted by molar-refractivity contribution is 0.417. The first-order valence-electron chi connectivity index (χ1n) is 5.18. The number of rotatable bonds is 2. The zero-order valence-corrected chi connectivity index (χ0v) is 10.2. The molecule has 0 saturated carbocycles. The first kappa shape index (κ1) is 12.3. The summed E-state index contributed by atoms with van der Waals surface area (Å²) in [5, 5.41) is 0. The van der Waals surface area contributed by atoms with Crippen molar-refractivity contribution in [2.45, 2.75) is 6.04 Å². The molecular formula is C10H14FN3O2S. The molecule has 0 aliphatic carbocycles. The molecule has 1 fully saturated rings. The van der Waals surface area contributed by atoms with E-state index >= 15 is 0 Å². The molecule has 1 aromatic carbocycles. The molecule has 0 radical (unpaired) electrons. The molecule has 2 N–H and O–H groups in total. The molecule has 1 unspecified atom stereocenters. The van der Waals surface area contributed by atoms with E-state index in [9.17, 15) is 12.8 Å². The minimum atomic E-state index is -3.58. The molecule has 5 nitrogen and oxygen atoms in total. The largest absolute Gasteiger partial charge is 0.329 e. The summed E-state index contributed by atoms with van der Waals surface area (Å²) in [6.07, 6.45) is 0. The Morgan fingerprint density at radius 3 is 2.76 bits per heavy atom. The van der Waals surface area contributed by atoms with Crippen molar-refractivity contribution in [3.05, 3.63) is 30.1 Å². The van der Waals surface area contributed by atoms with Crippen LogP contribution in [0.4, 0.5) is 10.1 Å². The topological polar surface area (TPSA) is 66.6 Å². The fourth-order valence-corrected chi connectivity index (χ4v) is 3.42. The van der Waals surface area contributed by atoms with Crippen LogP contribution >= 0.6 is 0 Å². The van der Waals surface area contributed by atoms with E-state index in [4.69, 9.17) is 5.73 Å². The summed E-state index contributed by atoms with van der Waals surface area (Å²) in [6.45, 7) is 0.486. The number of anilines is 1. The summed E-state index contributed by atoms with van der Waals surface area (Å²) >= 11 is 0. The third-order valence-electron chi connectivity index (χ3n) is 2.90. The van der Waals surface area contributed by atoms with Gasteiger partial charge in [-0.3, -0.25) is 4.31 Å². The fraction of sp³-hybridized carbons (Fsp3) is 0.400. The van der Waals surface area contributed by atoms with E-state index < -0.39 is 16.0 Å². The normalized spacial score (nSPS) is 24.2. The summed E-state index contributed by atoms with van der Waals surface area (Å²) in [7, 11) is -2.10. The average molecular weight is 259 g/mol. The van der Waals surface area contributed by atoms with Crippen LogP contribution in [0.1, 0.15) is 0 Å². The molecule has 1 atom stereocenters. The number of likely N-dealkylation sites (N-methyl/N-ethyl adjacent to an activating group) is 1.